The van der Waals surface area contributed by atoms with Crippen molar-refractivity contribution >= 4 is 49.8 Å². The second-order valence-electron chi connectivity index (χ2n) is 2.08. The Morgan fingerprint density at radius 1 is 1.33 bits per heavy atom. The zero-order chi connectivity index (χ0) is 8.10. The summed E-state index contributed by atoms with van der Waals surface area (Å²) in [4.78, 5) is 10.1. The van der Waals surface area contributed by atoms with Crippen molar-refractivity contribution in [1.82, 2.24) is 0 Å². The summed E-state index contributed by atoms with van der Waals surface area (Å²) in [6.45, 7) is 0. The number of hydrogen-bond acceptors (Lipinski definition) is 1. The minimum Gasteiger partial charge on any atom is -1.00 e. The van der Waals surface area contributed by atoms with Gasteiger partial charge in [-0.05, 0) is 11.6 Å². The number of hydrogen-bond donors (Lipinski definition) is 1. The van der Waals surface area contributed by atoms with E-state index in [0.29, 0.717) is 0 Å². The van der Waals surface area contributed by atoms with Crippen LogP contribution in [0.3, 0.4) is 0 Å². The molecule has 0 spiro atoms. The van der Waals surface area contributed by atoms with Crippen molar-refractivity contribution < 1.29 is 12.8 Å². The molecular weight excluding hydrogens is 180 g/mol. The molecule has 2 nitrogen and oxygen atoms in total. The first kappa shape index (κ1) is 11.7. The zero-order valence-electron chi connectivity index (χ0n) is 8.60. The van der Waals surface area contributed by atoms with Crippen LogP contribution in [0.2, 0.25) is 0 Å². The fourth-order valence-corrected chi connectivity index (χ4v) is 0.732. The number of carboxylic acid groups (broad SMARTS) is 1. The van der Waals surface area contributed by atoms with Gasteiger partial charge in [0.15, 0.2) is 0 Å². The van der Waals surface area contributed by atoms with E-state index in [2.05, 4.69) is 0 Å². The molecule has 12 heavy (non-hydrogen) atoms. The van der Waals surface area contributed by atoms with Gasteiger partial charge in [-0.2, -0.15) is 0 Å². The fourth-order valence-electron chi connectivity index (χ4n) is 0.732. The van der Waals surface area contributed by atoms with Crippen LogP contribution >= 0.6 is 0 Å². The molecule has 0 saturated carbocycles. The van der Waals surface area contributed by atoms with Gasteiger partial charge in [0.2, 0.25) is 0 Å². The van der Waals surface area contributed by atoms with E-state index in [1.807, 2.05) is 30.3 Å². The summed E-state index contributed by atoms with van der Waals surface area (Å²) >= 11 is 0. The summed E-state index contributed by atoms with van der Waals surface area (Å²) in [7, 11) is 0. The average Bonchev–Trinajstić information content (AvgIpc) is 2.03. The molecule has 3 heteroatoms. The monoisotopic (exact) mass is 190 g/mol. The topological polar surface area (TPSA) is 37.3 Å². The molecule has 0 aromatic heterocycles. The minimum absolute atomic E-state index is 0. The van der Waals surface area contributed by atoms with Crippen LogP contribution in [0.4, 0.5) is 0 Å². The molecular formula is C9H10CaO2. The van der Waals surface area contributed by atoms with Crippen molar-refractivity contribution in [2.24, 2.45) is 0 Å². The summed E-state index contributed by atoms with van der Waals surface area (Å²) in [6.07, 6.45) is 2.68. The summed E-state index contributed by atoms with van der Waals surface area (Å²) in [5.74, 6) is -0.922. The average molecular weight is 190 g/mol. The molecule has 0 atom stereocenters. The molecule has 0 aliphatic carbocycles. The minimum atomic E-state index is -0.922. The van der Waals surface area contributed by atoms with Gasteiger partial charge in [0.25, 0.3) is 0 Å². The quantitative estimate of drug-likeness (QED) is 0.568. The van der Waals surface area contributed by atoms with E-state index >= 15 is 0 Å². The number of rotatable bonds is 2. The largest absolute Gasteiger partial charge is 2.00 e. The van der Waals surface area contributed by atoms with Gasteiger partial charge in [-0.15, -0.1) is 0 Å². The molecule has 0 aliphatic rings. The Bertz CT molecular complexity index is 275. The van der Waals surface area contributed by atoms with E-state index in [1.54, 1.807) is 6.08 Å². The van der Waals surface area contributed by atoms with E-state index in [4.69, 9.17) is 5.11 Å². The van der Waals surface area contributed by atoms with Crippen LogP contribution < -0.4 is 0 Å². The summed E-state index contributed by atoms with van der Waals surface area (Å²) in [5, 5.41) is 8.29. The molecule has 1 aromatic rings. The molecule has 0 fully saturated rings. The van der Waals surface area contributed by atoms with Crippen molar-refractivity contribution in [3.05, 3.63) is 42.0 Å². The number of aliphatic carboxylic acids is 1. The molecule has 1 N–H and O–H groups in total. The molecule has 0 heterocycles. The smallest absolute Gasteiger partial charge is 1.00 e. The van der Waals surface area contributed by atoms with Crippen LogP contribution in [0.1, 0.15) is 8.42 Å². The predicted octanol–water partition coefficient (Wildman–Crippen LogP) is 1.63. The normalized spacial score (nSPS) is 9.33. The van der Waals surface area contributed by atoms with Crippen LogP contribution in [0.25, 0.3) is 6.08 Å². The van der Waals surface area contributed by atoms with Gasteiger partial charge in [0, 0.05) is 6.08 Å². The Morgan fingerprint density at radius 2 is 1.92 bits per heavy atom. The Balaban J connectivity index is -0.000000403. The second kappa shape index (κ2) is 6.23. The van der Waals surface area contributed by atoms with Gasteiger partial charge in [-0.3, -0.25) is 0 Å². The first-order valence-corrected chi connectivity index (χ1v) is 3.25. The van der Waals surface area contributed by atoms with E-state index in [1.165, 1.54) is 0 Å². The van der Waals surface area contributed by atoms with Gasteiger partial charge in [0.1, 0.15) is 0 Å². The Morgan fingerprint density at radius 3 is 2.42 bits per heavy atom. The molecule has 0 unspecified atom stereocenters. The van der Waals surface area contributed by atoms with E-state index in [0.717, 1.165) is 11.6 Å². The fraction of sp³-hybridized carbons (Fsp3) is 0. The third kappa shape index (κ3) is 4.54. The maximum absolute atomic E-state index is 10.1. The SMILES string of the molecule is O=C(O)C=Cc1ccccc1.[Ca+2].[H-].[H-]. The molecule has 0 radical (unpaired) electrons. The third-order valence-electron chi connectivity index (χ3n) is 1.22. The van der Waals surface area contributed by atoms with Crippen molar-refractivity contribution in [2.45, 2.75) is 0 Å². The van der Waals surface area contributed by atoms with Gasteiger partial charge in [-0.25, -0.2) is 4.79 Å². The zero-order valence-corrected chi connectivity index (χ0v) is 8.81. The molecule has 1 rings (SSSR count). The molecule has 0 aliphatic heterocycles. The summed E-state index contributed by atoms with van der Waals surface area (Å²) in [6, 6.07) is 9.31. The van der Waals surface area contributed by atoms with Gasteiger partial charge < -0.3 is 7.96 Å². The number of carbonyl (C=O) groups is 1. The van der Waals surface area contributed by atoms with Crippen LogP contribution in [0.15, 0.2) is 36.4 Å². The first-order valence-electron chi connectivity index (χ1n) is 3.25. The van der Waals surface area contributed by atoms with Gasteiger partial charge >= 0.3 is 43.7 Å². The van der Waals surface area contributed by atoms with Crippen LogP contribution in [0.5, 0.6) is 0 Å². The third-order valence-corrected chi connectivity index (χ3v) is 1.22. The van der Waals surface area contributed by atoms with Crippen LogP contribution in [-0.2, 0) is 4.79 Å². The number of benzene rings is 1. The van der Waals surface area contributed by atoms with Crippen molar-refractivity contribution in [3.63, 3.8) is 0 Å². The first-order chi connectivity index (χ1) is 5.29. The van der Waals surface area contributed by atoms with Crippen molar-refractivity contribution in [2.75, 3.05) is 0 Å². The molecule has 1 aromatic carbocycles. The second-order valence-corrected chi connectivity index (χ2v) is 2.08. The van der Waals surface area contributed by atoms with Gasteiger partial charge in [-0.1, -0.05) is 30.3 Å². The Labute approximate surface area is 104 Å². The molecule has 60 valence electrons. The predicted molar refractivity (Wildman–Crippen MR) is 51.1 cm³/mol. The van der Waals surface area contributed by atoms with Gasteiger partial charge in [0.05, 0.1) is 0 Å². The number of carboxylic acids is 1. The van der Waals surface area contributed by atoms with Crippen molar-refractivity contribution in [1.29, 1.82) is 0 Å². The standard InChI is InChI=1S/C9H8O2.Ca.2H/c10-9(11)7-6-8-4-2-1-3-5-8;;;/h1-7H,(H,10,11);;;/q;+2;2*-1. The van der Waals surface area contributed by atoms with E-state index in [-0.39, 0.29) is 40.6 Å². The maximum Gasteiger partial charge on any atom is 2.00 e. The molecule has 0 bridgehead atoms. The summed E-state index contributed by atoms with van der Waals surface area (Å²) < 4.78 is 0. The Kier molecular flexibility index (Phi) is 6.07. The maximum atomic E-state index is 10.1. The molecule has 0 amide bonds. The van der Waals surface area contributed by atoms with Crippen LogP contribution in [0, 0.1) is 0 Å². The summed E-state index contributed by atoms with van der Waals surface area (Å²) in [5.41, 5.74) is 0.898. The van der Waals surface area contributed by atoms with Crippen molar-refractivity contribution in [3.8, 4) is 0 Å². The van der Waals surface area contributed by atoms with E-state index in [9.17, 15) is 4.79 Å². The van der Waals surface area contributed by atoms with Crippen LogP contribution in [-0.4, -0.2) is 48.8 Å². The van der Waals surface area contributed by atoms with E-state index < -0.39 is 5.97 Å². The Hall–Kier alpha value is -0.310. The molecule has 0 saturated heterocycles.